The first-order valence-electron chi connectivity index (χ1n) is 8.16. The van der Waals surface area contributed by atoms with E-state index in [1.54, 1.807) is 6.07 Å². The van der Waals surface area contributed by atoms with E-state index in [0.717, 1.165) is 31.6 Å². The van der Waals surface area contributed by atoms with E-state index in [2.05, 4.69) is 15.2 Å². The third-order valence-corrected chi connectivity index (χ3v) is 4.42. The van der Waals surface area contributed by atoms with Crippen molar-refractivity contribution in [2.45, 2.75) is 19.3 Å². The number of nitrogens with two attached hydrogens (primary N) is 1. The molecule has 0 saturated carbocycles. The molecule has 0 unspecified atom stereocenters. The van der Waals surface area contributed by atoms with Gasteiger partial charge in [0, 0.05) is 24.3 Å². The molecule has 1 aromatic heterocycles. The lowest BCUT2D eigenvalue weighted by molar-refractivity contribution is 0.0990. The quantitative estimate of drug-likeness (QED) is 0.879. The Balaban J connectivity index is 1.82. The molecule has 25 heavy (non-hydrogen) atoms. The Labute approximate surface area is 151 Å². The molecule has 1 aliphatic rings. The number of rotatable bonds is 4. The van der Waals surface area contributed by atoms with Gasteiger partial charge in [-0.3, -0.25) is 14.6 Å². The molecule has 3 N–H and O–H groups in total. The van der Waals surface area contributed by atoms with Crippen LogP contribution in [0.15, 0.2) is 36.5 Å². The maximum atomic E-state index is 12.5. The summed E-state index contributed by atoms with van der Waals surface area (Å²) in [6, 6.07) is 8.45. The number of anilines is 2. The second-order valence-electron chi connectivity index (χ2n) is 5.96. The number of primary amides is 1. The summed E-state index contributed by atoms with van der Waals surface area (Å²) in [5.74, 6) is -0.946. The number of aromatic nitrogens is 1. The minimum absolute atomic E-state index is 0.119. The highest BCUT2D eigenvalue weighted by Gasteiger charge is 2.17. The Kier molecular flexibility index (Phi) is 5.19. The lowest BCUT2D eigenvalue weighted by Gasteiger charge is -2.30. The third-order valence-electron chi connectivity index (χ3n) is 4.18. The van der Waals surface area contributed by atoms with Crippen LogP contribution in [-0.4, -0.2) is 29.9 Å². The molecule has 1 aliphatic heterocycles. The van der Waals surface area contributed by atoms with Crippen LogP contribution in [0.5, 0.6) is 0 Å². The number of hydrogen-bond donors (Lipinski definition) is 2. The van der Waals surface area contributed by atoms with Crippen molar-refractivity contribution >= 4 is 34.8 Å². The standard InChI is InChI=1S/C18H19ClN4O2/c19-13-5-7-16(23-8-2-1-3-9-23)15(10-13)22-18(25)12-4-6-14(17(20)24)21-11-12/h4-7,10-11H,1-3,8-9H2,(H2,20,24)(H,22,25). The van der Waals surface area contributed by atoms with Gasteiger partial charge in [0.15, 0.2) is 0 Å². The summed E-state index contributed by atoms with van der Waals surface area (Å²) in [5.41, 5.74) is 7.24. The van der Waals surface area contributed by atoms with Crippen LogP contribution in [0.2, 0.25) is 5.02 Å². The topological polar surface area (TPSA) is 88.3 Å². The van der Waals surface area contributed by atoms with Crippen molar-refractivity contribution in [2.24, 2.45) is 5.73 Å². The first kappa shape index (κ1) is 17.2. The van der Waals surface area contributed by atoms with Crippen molar-refractivity contribution in [2.75, 3.05) is 23.3 Å². The van der Waals surface area contributed by atoms with Gasteiger partial charge in [0.2, 0.25) is 0 Å². The summed E-state index contributed by atoms with van der Waals surface area (Å²) < 4.78 is 0. The van der Waals surface area contributed by atoms with Gasteiger partial charge in [-0.15, -0.1) is 0 Å². The van der Waals surface area contributed by atoms with E-state index in [4.69, 9.17) is 17.3 Å². The number of benzene rings is 1. The molecule has 2 heterocycles. The smallest absolute Gasteiger partial charge is 0.267 e. The summed E-state index contributed by atoms with van der Waals surface area (Å²) >= 11 is 6.11. The normalized spacial score (nSPS) is 14.2. The molecule has 1 aromatic carbocycles. The maximum absolute atomic E-state index is 12.5. The number of carbonyl (C=O) groups excluding carboxylic acids is 2. The zero-order valence-corrected chi connectivity index (χ0v) is 14.4. The van der Waals surface area contributed by atoms with Crippen molar-refractivity contribution in [3.05, 3.63) is 52.8 Å². The molecule has 0 spiro atoms. The van der Waals surface area contributed by atoms with E-state index < -0.39 is 5.91 Å². The van der Waals surface area contributed by atoms with E-state index in [-0.39, 0.29) is 11.6 Å². The molecule has 1 saturated heterocycles. The predicted molar refractivity (Wildman–Crippen MR) is 98.2 cm³/mol. The number of halogens is 1. The monoisotopic (exact) mass is 358 g/mol. The fourth-order valence-electron chi connectivity index (χ4n) is 2.89. The number of piperidine rings is 1. The summed E-state index contributed by atoms with van der Waals surface area (Å²) in [5, 5.41) is 3.45. The molecule has 2 aromatic rings. The number of nitrogens with one attached hydrogen (secondary N) is 1. The lowest BCUT2D eigenvalue weighted by atomic mass is 10.1. The third kappa shape index (κ3) is 4.09. The summed E-state index contributed by atoms with van der Waals surface area (Å²) in [7, 11) is 0. The minimum atomic E-state index is -0.630. The molecule has 0 radical (unpaired) electrons. The van der Waals surface area contributed by atoms with Gasteiger partial charge in [0.25, 0.3) is 11.8 Å². The molecule has 7 heteroatoms. The zero-order chi connectivity index (χ0) is 17.8. The van der Waals surface area contributed by atoms with Gasteiger partial charge in [-0.25, -0.2) is 0 Å². The Hall–Kier alpha value is -2.60. The molecule has 0 aliphatic carbocycles. The van der Waals surface area contributed by atoms with Crippen LogP contribution in [0, 0.1) is 0 Å². The van der Waals surface area contributed by atoms with Gasteiger partial charge in [0.05, 0.1) is 16.9 Å². The van der Waals surface area contributed by atoms with Gasteiger partial charge < -0.3 is 16.0 Å². The van der Waals surface area contributed by atoms with Crippen molar-refractivity contribution in [1.82, 2.24) is 4.98 Å². The van der Waals surface area contributed by atoms with E-state index in [9.17, 15) is 9.59 Å². The Bertz CT molecular complexity index is 786. The fourth-order valence-corrected chi connectivity index (χ4v) is 3.06. The van der Waals surface area contributed by atoms with Crippen LogP contribution in [0.3, 0.4) is 0 Å². The SMILES string of the molecule is NC(=O)c1ccc(C(=O)Nc2cc(Cl)ccc2N2CCCCC2)cn1. The van der Waals surface area contributed by atoms with E-state index in [1.807, 2.05) is 12.1 Å². The van der Waals surface area contributed by atoms with E-state index >= 15 is 0 Å². The van der Waals surface area contributed by atoms with Crippen molar-refractivity contribution in [3.63, 3.8) is 0 Å². The number of amides is 2. The molecule has 0 atom stereocenters. The first-order chi connectivity index (χ1) is 12.0. The van der Waals surface area contributed by atoms with Gasteiger partial charge in [-0.2, -0.15) is 0 Å². The Morgan fingerprint density at radius 1 is 1.12 bits per heavy atom. The molecule has 130 valence electrons. The van der Waals surface area contributed by atoms with E-state index in [1.165, 1.54) is 24.8 Å². The summed E-state index contributed by atoms with van der Waals surface area (Å²) in [4.78, 5) is 29.7. The highest BCUT2D eigenvalue weighted by atomic mass is 35.5. The summed E-state index contributed by atoms with van der Waals surface area (Å²) in [6.07, 6.45) is 4.83. The minimum Gasteiger partial charge on any atom is -0.370 e. The van der Waals surface area contributed by atoms with Gasteiger partial charge in [-0.1, -0.05) is 11.6 Å². The molecular weight excluding hydrogens is 340 g/mol. The summed E-state index contributed by atoms with van der Waals surface area (Å²) in [6.45, 7) is 1.92. The predicted octanol–water partition coefficient (Wildman–Crippen LogP) is 3.08. The van der Waals surface area contributed by atoms with Crippen LogP contribution in [-0.2, 0) is 0 Å². The molecule has 2 amide bonds. The van der Waals surface area contributed by atoms with Gasteiger partial charge in [0.1, 0.15) is 5.69 Å². The lowest BCUT2D eigenvalue weighted by Crippen LogP contribution is -2.30. The number of nitrogens with zero attached hydrogens (tertiary/aromatic N) is 2. The molecule has 0 bridgehead atoms. The van der Waals surface area contributed by atoms with Crippen LogP contribution in [0.25, 0.3) is 0 Å². The van der Waals surface area contributed by atoms with E-state index in [0.29, 0.717) is 16.3 Å². The number of carbonyl (C=O) groups is 2. The molecule has 3 rings (SSSR count). The molecule has 1 fully saturated rings. The average Bonchev–Trinajstić information content (AvgIpc) is 2.62. The highest BCUT2D eigenvalue weighted by molar-refractivity contribution is 6.31. The molecular formula is C18H19ClN4O2. The van der Waals surface area contributed by atoms with Crippen molar-refractivity contribution in [1.29, 1.82) is 0 Å². The number of pyridine rings is 1. The van der Waals surface area contributed by atoms with Crippen LogP contribution >= 0.6 is 11.6 Å². The number of hydrogen-bond acceptors (Lipinski definition) is 4. The van der Waals surface area contributed by atoms with Crippen LogP contribution in [0.1, 0.15) is 40.1 Å². The van der Waals surface area contributed by atoms with Crippen molar-refractivity contribution < 1.29 is 9.59 Å². The Morgan fingerprint density at radius 2 is 1.88 bits per heavy atom. The van der Waals surface area contributed by atoms with Crippen LogP contribution in [0.4, 0.5) is 11.4 Å². The van der Waals surface area contributed by atoms with Crippen molar-refractivity contribution in [3.8, 4) is 0 Å². The van der Waals surface area contributed by atoms with Gasteiger partial charge in [-0.05, 0) is 49.6 Å². The zero-order valence-electron chi connectivity index (χ0n) is 13.7. The Morgan fingerprint density at radius 3 is 2.52 bits per heavy atom. The second-order valence-corrected chi connectivity index (χ2v) is 6.40. The van der Waals surface area contributed by atoms with Crippen LogP contribution < -0.4 is 16.0 Å². The average molecular weight is 359 g/mol. The maximum Gasteiger partial charge on any atom is 0.267 e. The second kappa shape index (κ2) is 7.53. The fraction of sp³-hybridized carbons (Fsp3) is 0.278. The largest absolute Gasteiger partial charge is 0.370 e. The molecule has 6 nitrogen and oxygen atoms in total. The van der Waals surface area contributed by atoms with Gasteiger partial charge >= 0.3 is 0 Å². The highest BCUT2D eigenvalue weighted by Crippen LogP contribution is 2.31. The first-order valence-corrected chi connectivity index (χ1v) is 8.54.